The van der Waals surface area contributed by atoms with Gasteiger partial charge in [0.15, 0.2) is 17.3 Å². The molecule has 0 saturated carbocycles. The van der Waals surface area contributed by atoms with Gasteiger partial charge in [-0.05, 0) is 24.3 Å². The smallest absolute Gasteiger partial charge is 0.878 e. The van der Waals surface area contributed by atoms with E-state index < -0.39 is 0 Å². The van der Waals surface area contributed by atoms with E-state index in [2.05, 4.69) is 0 Å². The van der Waals surface area contributed by atoms with E-state index in [1.165, 1.54) is 0 Å². The summed E-state index contributed by atoms with van der Waals surface area (Å²) in [4.78, 5) is 11.3. The van der Waals surface area contributed by atoms with Crippen molar-refractivity contribution in [2.45, 2.75) is 0 Å². The molecule has 1 aliphatic heterocycles. The van der Waals surface area contributed by atoms with Crippen LogP contribution in [0.5, 0.6) is 11.5 Å². The number of ether oxygens (including phenoxy) is 2. The van der Waals surface area contributed by atoms with Gasteiger partial charge in [0.05, 0.1) is 0 Å². The third kappa shape index (κ3) is 2.53. The summed E-state index contributed by atoms with van der Waals surface area (Å²) in [7, 11) is 0. The summed E-state index contributed by atoms with van der Waals surface area (Å²) in [5, 5.41) is 10.1. The molecule has 0 atom stereocenters. The van der Waals surface area contributed by atoms with Gasteiger partial charge < -0.3 is 14.6 Å². The third-order valence-corrected chi connectivity index (χ3v) is 1.88. The van der Waals surface area contributed by atoms with Gasteiger partial charge in [-0.15, -0.1) is 6.26 Å². The molecule has 2 rings (SSSR count). The molecule has 1 aromatic carbocycles. The Morgan fingerprint density at radius 1 is 1.33 bits per heavy atom. The zero-order valence-corrected chi connectivity index (χ0v) is 10.2. The molecule has 0 aromatic heterocycles. The van der Waals surface area contributed by atoms with Gasteiger partial charge in [-0.25, -0.2) is 0 Å². The van der Waals surface area contributed by atoms with Crippen molar-refractivity contribution in [2.24, 2.45) is 0 Å². The first-order valence-corrected chi connectivity index (χ1v) is 4.04. The number of carbonyl (C=O) groups is 1. The number of allylic oxidation sites excluding steroid dienone is 1. The summed E-state index contributed by atoms with van der Waals surface area (Å²) in [6, 6.07) is 4.80. The maximum absolute atomic E-state index is 11.3. The number of hydrogen-bond donors (Lipinski definition) is 0. The average molecular weight is 214 g/mol. The molecule has 72 valence electrons. The van der Waals surface area contributed by atoms with Crippen LogP contribution >= 0.6 is 0 Å². The van der Waals surface area contributed by atoms with Crippen LogP contribution in [0.4, 0.5) is 0 Å². The van der Waals surface area contributed by atoms with Gasteiger partial charge in [0.1, 0.15) is 0 Å². The van der Waals surface area contributed by atoms with Gasteiger partial charge in [-0.1, -0.05) is 0 Å². The Labute approximate surface area is 109 Å². The first-order valence-electron chi connectivity index (χ1n) is 4.04. The second kappa shape index (κ2) is 5.21. The second-order valence-electron chi connectivity index (χ2n) is 2.74. The fraction of sp³-hybridized carbons (Fsp3) is 0.100. The van der Waals surface area contributed by atoms with Crippen LogP contribution < -0.4 is 44.1 Å². The molecule has 0 saturated heterocycles. The first kappa shape index (κ1) is 12.1. The molecule has 1 aliphatic rings. The summed E-state index contributed by atoms with van der Waals surface area (Å²) >= 11 is 0. The number of rotatable bonds is 2. The average Bonchev–Trinajstić information content (AvgIpc) is 2.64. The molecule has 15 heavy (non-hydrogen) atoms. The zero-order chi connectivity index (χ0) is 9.97. The summed E-state index contributed by atoms with van der Waals surface area (Å²) in [6.07, 6.45) is 1.43. The maximum Gasteiger partial charge on any atom is 1.00 e. The third-order valence-electron chi connectivity index (χ3n) is 1.88. The number of fused-ring (bicyclic) bond motifs is 1. The van der Waals surface area contributed by atoms with Crippen molar-refractivity contribution < 1.29 is 48.9 Å². The molecule has 0 aliphatic carbocycles. The number of ketones is 1. The standard InChI is InChI=1S/C10H8O4.Na/c11-4-3-8(12)7-1-2-9-10(5-7)14-6-13-9;/h1-5,11H,6H2;/q;+1/p-1. The molecule has 1 aromatic rings. The summed E-state index contributed by atoms with van der Waals surface area (Å²) in [5.41, 5.74) is 0.418. The zero-order valence-electron chi connectivity index (χ0n) is 8.23. The SMILES string of the molecule is O=C(C=C[O-])c1ccc2c(c1)OCO2.[Na+]. The van der Waals surface area contributed by atoms with E-state index in [4.69, 9.17) is 9.47 Å². The summed E-state index contributed by atoms with van der Waals surface area (Å²) in [5.74, 6) is 0.820. The Balaban J connectivity index is 0.00000112. The normalized spacial score (nSPS) is 12.5. The predicted octanol–water partition coefficient (Wildman–Crippen LogP) is -2.52. The van der Waals surface area contributed by atoms with Crippen LogP contribution in [-0.2, 0) is 0 Å². The first-order chi connectivity index (χ1) is 6.81. The Morgan fingerprint density at radius 2 is 2.07 bits per heavy atom. The van der Waals surface area contributed by atoms with E-state index in [0.717, 1.165) is 6.08 Å². The van der Waals surface area contributed by atoms with Crippen LogP contribution in [0.15, 0.2) is 30.5 Å². The van der Waals surface area contributed by atoms with E-state index in [0.29, 0.717) is 23.3 Å². The Hall–Kier alpha value is -0.970. The van der Waals surface area contributed by atoms with Crippen LogP contribution in [0.3, 0.4) is 0 Å². The van der Waals surface area contributed by atoms with Gasteiger partial charge in [-0.3, -0.25) is 4.79 Å². The fourth-order valence-corrected chi connectivity index (χ4v) is 1.21. The monoisotopic (exact) mass is 214 g/mol. The molecule has 0 N–H and O–H groups in total. The second-order valence-corrected chi connectivity index (χ2v) is 2.74. The molecule has 0 bridgehead atoms. The Bertz CT molecular complexity index is 400. The van der Waals surface area contributed by atoms with Crippen molar-refractivity contribution in [1.82, 2.24) is 0 Å². The van der Waals surface area contributed by atoms with E-state index in [1.54, 1.807) is 18.2 Å². The topological polar surface area (TPSA) is 58.6 Å². The Kier molecular flexibility index (Phi) is 4.20. The molecule has 0 amide bonds. The molecule has 0 radical (unpaired) electrons. The van der Waals surface area contributed by atoms with Gasteiger partial charge in [-0.2, -0.15) is 0 Å². The molecule has 0 unspecified atom stereocenters. The number of hydrogen-bond acceptors (Lipinski definition) is 4. The van der Waals surface area contributed by atoms with Crippen molar-refractivity contribution in [1.29, 1.82) is 0 Å². The van der Waals surface area contributed by atoms with Crippen LogP contribution in [0.1, 0.15) is 10.4 Å². The van der Waals surface area contributed by atoms with Crippen molar-refractivity contribution in [3.05, 3.63) is 36.1 Å². The van der Waals surface area contributed by atoms with E-state index in [-0.39, 0.29) is 42.1 Å². The molecular weight excluding hydrogens is 207 g/mol. The van der Waals surface area contributed by atoms with Crippen LogP contribution in [-0.4, -0.2) is 12.6 Å². The van der Waals surface area contributed by atoms with Gasteiger partial charge in [0.25, 0.3) is 0 Å². The van der Waals surface area contributed by atoms with E-state index in [1.807, 2.05) is 0 Å². The van der Waals surface area contributed by atoms with Crippen molar-refractivity contribution in [2.75, 3.05) is 6.79 Å². The predicted molar refractivity (Wildman–Crippen MR) is 46.0 cm³/mol. The number of carbonyl (C=O) groups excluding carboxylic acids is 1. The van der Waals surface area contributed by atoms with Crippen molar-refractivity contribution in [3.8, 4) is 11.5 Å². The minimum atomic E-state index is -0.335. The van der Waals surface area contributed by atoms with Crippen molar-refractivity contribution in [3.63, 3.8) is 0 Å². The van der Waals surface area contributed by atoms with Crippen molar-refractivity contribution >= 4 is 5.78 Å². The van der Waals surface area contributed by atoms with Crippen LogP contribution in [0, 0.1) is 0 Å². The summed E-state index contributed by atoms with van der Waals surface area (Å²) < 4.78 is 10.2. The molecule has 4 nitrogen and oxygen atoms in total. The van der Waals surface area contributed by atoms with Gasteiger partial charge in [0.2, 0.25) is 6.79 Å². The maximum atomic E-state index is 11.3. The molecular formula is C10H7NaO4. The summed E-state index contributed by atoms with van der Waals surface area (Å²) in [6.45, 7) is 0.171. The molecule has 5 heteroatoms. The van der Waals surface area contributed by atoms with E-state index >= 15 is 0 Å². The van der Waals surface area contributed by atoms with Gasteiger partial charge in [0, 0.05) is 5.56 Å². The largest absolute Gasteiger partial charge is 1.00 e. The van der Waals surface area contributed by atoms with Gasteiger partial charge >= 0.3 is 29.6 Å². The minimum Gasteiger partial charge on any atom is -0.878 e. The quantitative estimate of drug-likeness (QED) is 0.236. The number of benzene rings is 1. The fourth-order valence-electron chi connectivity index (χ4n) is 1.21. The molecule has 1 heterocycles. The minimum absolute atomic E-state index is 0. The molecule has 0 fully saturated rings. The van der Waals surface area contributed by atoms with Crippen LogP contribution in [0.25, 0.3) is 0 Å². The van der Waals surface area contributed by atoms with E-state index in [9.17, 15) is 9.90 Å². The Morgan fingerprint density at radius 3 is 2.80 bits per heavy atom. The molecule has 0 spiro atoms. The van der Waals surface area contributed by atoms with Crippen LogP contribution in [0.2, 0.25) is 0 Å².